The van der Waals surface area contributed by atoms with E-state index in [1.165, 1.54) is 22.9 Å². The van der Waals surface area contributed by atoms with Gasteiger partial charge in [0, 0.05) is 16.0 Å². The van der Waals surface area contributed by atoms with Crippen molar-refractivity contribution in [1.29, 1.82) is 0 Å². The van der Waals surface area contributed by atoms with Crippen molar-refractivity contribution in [1.82, 2.24) is 19.9 Å². The summed E-state index contributed by atoms with van der Waals surface area (Å²) in [5, 5.41) is 8.36. The topological polar surface area (TPSA) is 77.3 Å². The Labute approximate surface area is 221 Å². The Morgan fingerprint density at radius 3 is 2.74 bits per heavy atom. The zero-order valence-electron chi connectivity index (χ0n) is 20.7. The van der Waals surface area contributed by atoms with E-state index in [0.717, 1.165) is 20.9 Å². The molecule has 3 aromatic rings. The SMILES string of the molecule is COc1cc(-c2cn(C3CCC4=CC=CCC4N(CC(F)(F)F)C3=O)nn2)ccc1-c1ccc(C(C)=O)s1. The van der Waals surface area contributed by atoms with Crippen LogP contribution in [0.2, 0.25) is 0 Å². The van der Waals surface area contributed by atoms with Gasteiger partial charge in [-0.15, -0.1) is 16.4 Å². The van der Waals surface area contributed by atoms with Crippen molar-refractivity contribution in [3.8, 4) is 27.4 Å². The van der Waals surface area contributed by atoms with Crippen molar-refractivity contribution in [2.75, 3.05) is 13.7 Å². The van der Waals surface area contributed by atoms with Gasteiger partial charge in [0.2, 0.25) is 5.91 Å². The van der Waals surface area contributed by atoms with Crippen molar-refractivity contribution in [2.45, 2.75) is 44.4 Å². The molecular weight excluding hydrogens is 517 g/mol. The summed E-state index contributed by atoms with van der Waals surface area (Å²) in [7, 11) is 1.54. The molecule has 1 fully saturated rings. The van der Waals surface area contributed by atoms with Crippen LogP contribution in [-0.2, 0) is 4.79 Å². The van der Waals surface area contributed by atoms with Crippen LogP contribution in [0.1, 0.15) is 41.9 Å². The minimum Gasteiger partial charge on any atom is -0.496 e. The molecule has 2 aliphatic rings. The van der Waals surface area contributed by atoms with Gasteiger partial charge in [-0.05, 0) is 56.0 Å². The van der Waals surface area contributed by atoms with E-state index in [-0.39, 0.29) is 5.78 Å². The summed E-state index contributed by atoms with van der Waals surface area (Å²) < 4.78 is 47.3. The number of ether oxygens (including phenoxy) is 1. The summed E-state index contributed by atoms with van der Waals surface area (Å²) in [5.41, 5.74) is 2.76. The molecule has 7 nitrogen and oxygen atoms in total. The number of allylic oxidation sites excluding steroid dienone is 2. The van der Waals surface area contributed by atoms with Crippen LogP contribution in [0.5, 0.6) is 5.75 Å². The molecule has 0 bridgehead atoms. The molecule has 1 aliphatic carbocycles. The first kappa shape index (κ1) is 25.9. The van der Waals surface area contributed by atoms with Gasteiger partial charge in [-0.1, -0.05) is 29.5 Å². The number of hydrogen-bond donors (Lipinski definition) is 0. The van der Waals surface area contributed by atoms with Crippen molar-refractivity contribution in [3.63, 3.8) is 0 Å². The minimum absolute atomic E-state index is 0.0119. The fraction of sp³-hybridized carbons (Fsp3) is 0.333. The zero-order valence-corrected chi connectivity index (χ0v) is 21.6. The highest BCUT2D eigenvalue weighted by atomic mass is 32.1. The second kappa shape index (κ2) is 10.2. The Morgan fingerprint density at radius 1 is 1.21 bits per heavy atom. The molecule has 0 N–H and O–H groups in total. The lowest BCUT2D eigenvalue weighted by Gasteiger charge is -2.33. The van der Waals surface area contributed by atoms with E-state index in [1.54, 1.807) is 37.6 Å². The van der Waals surface area contributed by atoms with Crippen LogP contribution < -0.4 is 4.74 Å². The first-order valence-corrected chi connectivity index (χ1v) is 12.9. The number of benzene rings is 1. The Bertz CT molecular complexity index is 1440. The largest absolute Gasteiger partial charge is 0.496 e. The van der Waals surface area contributed by atoms with Crippen LogP contribution in [0, 0.1) is 0 Å². The molecule has 0 radical (unpaired) electrons. The number of rotatable bonds is 6. The monoisotopic (exact) mass is 542 g/mol. The third kappa shape index (κ3) is 5.15. The van der Waals surface area contributed by atoms with Crippen LogP contribution in [0.15, 0.2) is 60.3 Å². The van der Waals surface area contributed by atoms with Crippen molar-refractivity contribution in [3.05, 3.63) is 65.2 Å². The number of ketones is 1. The maximum Gasteiger partial charge on any atom is 0.406 e. The highest BCUT2D eigenvalue weighted by Crippen LogP contribution is 2.38. The fourth-order valence-electron chi connectivity index (χ4n) is 4.92. The molecule has 0 saturated carbocycles. The van der Waals surface area contributed by atoms with Gasteiger partial charge >= 0.3 is 6.18 Å². The predicted octanol–water partition coefficient (Wildman–Crippen LogP) is 5.87. The van der Waals surface area contributed by atoms with E-state index in [4.69, 9.17) is 4.74 Å². The lowest BCUT2D eigenvalue weighted by molar-refractivity contribution is -0.166. The number of likely N-dealkylation sites (tertiary alicyclic amines) is 1. The molecule has 1 saturated heterocycles. The van der Waals surface area contributed by atoms with E-state index in [0.29, 0.717) is 41.1 Å². The Balaban J connectivity index is 1.44. The number of Topliss-reactive ketones (excluding diaryl/α,β-unsaturated/α-hetero) is 1. The van der Waals surface area contributed by atoms with Crippen LogP contribution in [0.4, 0.5) is 13.2 Å². The fourth-order valence-corrected chi connectivity index (χ4v) is 5.86. The number of amides is 1. The van der Waals surface area contributed by atoms with Gasteiger partial charge in [-0.25, -0.2) is 4.68 Å². The molecule has 0 spiro atoms. The molecule has 1 aromatic carbocycles. The zero-order chi connectivity index (χ0) is 27.0. The van der Waals surface area contributed by atoms with E-state index < -0.39 is 30.7 Å². The van der Waals surface area contributed by atoms with Crippen LogP contribution in [0.25, 0.3) is 21.7 Å². The number of nitrogens with zero attached hydrogens (tertiary/aromatic N) is 4. The Kier molecular flexibility index (Phi) is 6.95. The number of methoxy groups -OCH3 is 1. The highest BCUT2D eigenvalue weighted by molar-refractivity contribution is 7.17. The second-order valence-electron chi connectivity index (χ2n) is 9.28. The maximum absolute atomic E-state index is 13.4. The van der Waals surface area contributed by atoms with Crippen molar-refractivity contribution in [2.24, 2.45) is 0 Å². The quantitative estimate of drug-likeness (QED) is 0.365. The molecule has 2 atom stereocenters. The summed E-state index contributed by atoms with van der Waals surface area (Å²) in [5.74, 6) is -0.0594. The lowest BCUT2D eigenvalue weighted by Crippen LogP contribution is -2.48. The lowest BCUT2D eigenvalue weighted by atomic mass is 9.95. The Hall–Kier alpha value is -3.73. The van der Waals surface area contributed by atoms with Crippen molar-refractivity contribution >= 4 is 23.0 Å². The molecule has 11 heteroatoms. The molecular formula is C27H25F3N4O3S. The number of carbonyl (C=O) groups is 2. The first-order chi connectivity index (χ1) is 18.1. The summed E-state index contributed by atoms with van der Waals surface area (Å²) in [6, 6.07) is 7.59. The summed E-state index contributed by atoms with van der Waals surface area (Å²) >= 11 is 1.37. The number of thiophene rings is 1. The third-order valence-corrected chi connectivity index (χ3v) is 8.00. The van der Waals surface area contributed by atoms with Gasteiger partial charge in [-0.2, -0.15) is 13.2 Å². The number of halogens is 3. The van der Waals surface area contributed by atoms with Gasteiger partial charge in [0.15, 0.2) is 5.78 Å². The predicted molar refractivity (Wildman–Crippen MR) is 137 cm³/mol. The molecule has 1 aliphatic heterocycles. The smallest absolute Gasteiger partial charge is 0.406 e. The highest BCUT2D eigenvalue weighted by Gasteiger charge is 2.42. The number of fused-ring (bicyclic) bond motifs is 1. The van der Waals surface area contributed by atoms with Gasteiger partial charge in [0.1, 0.15) is 24.0 Å². The number of aromatic nitrogens is 3. The summed E-state index contributed by atoms with van der Waals surface area (Å²) in [4.78, 5) is 27.6. The molecule has 1 amide bonds. The summed E-state index contributed by atoms with van der Waals surface area (Å²) in [6.45, 7) is 0.203. The third-order valence-electron chi connectivity index (χ3n) is 6.78. The van der Waals surface area contributed by atoms with Crippen LogP contribution >= 0.6 is 11.3 Å². The molecule has 5 rings (SSSR count). The van der Waals surface area contributed by atoms with Crippen LogP contribution in [0.3, 0.4) is 0 Å². The summed E-state index contributed by atoms with van der Waals surface area (Å²) in [6.07, 6.45) is 3.65. The minimum atomic E-state index is -4.52. The van der Waals surface area contributed by atoms with Gasteiger partial charge < -0.3 is 9.64 Å². The van der Waals surface area contributed by atoms with E-state index in [1.807, 2.05) is 24.3 Å². The van der Waals surface area contributed by atoms with Gasteiger partial charge in [0.05, 0.1) is 24.2 Å². The van der Waals surface area contributed by atoms with Crippen molar-refractivity contribution < 1.29 is 27.5 Å². The second-order valence-corrected chi connectivity index (χ2v) is 10.4. The van der Waals surface area contributed by atoms with Gasteiger partial charge in [-0.3, -0.25) is 9.59 Å². The molecule has 198 valence electrons. The van der Waals surface area contributed by atoms with E-state index in [2.05, 4.69) is 10.3 Å². The van der Waals surface area contributed by atoms with Gasteiger partial charge in [0.25, 0.3) is 0 Å². The number of carbonyl (C=O) groups excluding carboxylic acids is 2. The first-order valence-electron chi connectivity index (χ1n) is 12.1. The average Bonchev–Trinajstić information content (AvgIpc) is 3.55. The molecule has 38 heavy (non-hydrogen) atoms. The van der Waals surface area contributed by atoms with Crippen LogP contribution in [-0.4, -0.2) is 57.5 Å². The van der Waals surface area contributed by atoms with E-state index >= 15 is 0 Å². The van der Waals surface area contributed by atoms with E-state index in [9.17, 15) is 22.8 Å². The molecule has 2 unspecified atom stereocenters. The normalized spacial score (nSPS) is 19.7. The maximum atomic E-state index is 13.4. The number of alkyl halides is 3. The number of hydrogen-bond acceptors (Lipinski definition) is 6. The molecule has 3 heterocycles. The Morgan fingerprint density at radius 2 is 2.03 bits per heavy atom. The standard InChI is InChI=1S/C27H25F3N4O3S/c1-16(35)24-11-12-25(38-24)19-9-7-18(13-23(19)37-2)20-14-34(32-31-20)22-10-8-17-5-3-4-6-21(17)33(26(22)36)15-27(28,29)30/h3-5,7,9,11-14,21-22H,6,8,10,15H2,1-2H3. The molecule has 2 aromatic heterocycles. The average molecular weight is 543 g/mol.